The molecule has 0 radical (unpaired) electrons. The number of anilines is 1. The van der Waals surface area contributed by atoms with Crippen molar-refractivity contribution in [3.63, 3.8) is 0 Å². The summed E-state index contributed by atoms with van der Waals surface area (Å²) in [6, 6.07) is 6.52. The highest BCUT2D eigenvalue weighted by Gasteiger charge is 2.28. The van der Waals surface area contributed by atoms with E-state index in [0.29, 0.717) is 40.7 Å². The van der Waals surface area contributed by atoms with Crippen molar-refractivity contribution in [3.05, 3.63) is 52.4 Å². The Morgan fingerprint density at radius 2 is 2.11 bits per heavy atom. The van der Waals surface area contributed by atoms with Crippen LogP contribution >= 0.6 is 11.6 Å². The number of amides is 2. The van der Waals surface area contributed by atoms with Gasteiger partial charge >= 0.3 is 0 Å². The van der Waals surface area contributed by atoms with Crippen LogP contribution in [0, 0.1) is 12.8 Å². The van der Waals surface area contributed by atoms with Crippen molar-refractivity contribution in [3.8, 4) is 0 Å². The smallest absolute Gasteiger partial charge is 0.259 e. The third-order valence-electron chi connectivity index (χ3n) is 5.05. The molecule has 1 aromatic heterocycles. The standard InChI is InChI=1S/C20H24ClN3O3/c1-12(22)14-4-3-8-24(11-14)20(26)17-6-5-15(21)10-18(17)23-19(25)16-7-9-27-13(16)2/h5-7,9-10,12,14H,3-4,8,11,22H2,1-2H3,(H,23,25). The molecule has 3 N–H and O–H groups in total. The van der Waals surface area contributed by atoms with Gasteiger partial charge in [0.25, 0.3) is 11.8 Å². The maximum Gasteiger partial charge on any atom is 0.259 e. The minimum absolute atomic E-state index is 0.0362. The molecule has 0 aliphatic carbocycles. The Balaban J connectivity index is 1.84. The lowest BCUT2D eigenvalue weighted by atomic mass is 9.91. The molecule has 1 aliphatic rings. The molecular weight excluding hydrogens is 366 g/mol. The van der Waals surface area contributed by atoms with Crippen LogP contribution in [0.1, 0.15) is 46.2 Å². The number of nitrogens with zero attached hydrogens (tertiary/aromatic N) is 1. The zero-order valence-electron chi connectivity index (χ0n) is 15.5. The zero-order valence-corrected chi connectivity index (χ0v) is 16.3. The van der Waals surface area contributed by atoms with E-state index in [2.05, 4.69) is 5.32 Å². The van der Waals surface area contributed by atoms with Crippen molar-refractivity contribution in [2.45, 2.75) is 32.7 Å². The second-order valence-corrected chi connectivity index (χ2v) is 7.48. The number of likely N-dealkylation sites (tertiary alicyclic amines) is 1. The molecule has 1 aliphatic heterocycles. The van der Waals surface area contributed by atoms with E-state index < -0.39 is 0 Å². The summed E-state index contributed by atoms with van der Waals surface area (Å²) >= 11 is 6.10. The molecule has 2 atom stereocenters. The maximum absolute atomic E-state index is 13.1. The summed E-state index contributed by atoms with van der Waals surface area (Å²) in [7, 11) is 0. The first kappa shape index (κ1) is 19.5. The molecule has 144 valence electrons. The Kier molecular flexibility index (Phi) is 5.87. The summed E-state index contributed by atoms with van der Waals surface area (Å²) in [6.45, 7) is 4.98. The van der Waals surface area contributed by atoms with Gasteiger partial charge in [-0.05, 0) is 56.9 Å². The second-order valence-electron chi connectivity index (χ2n) is 7.05. The van der Waals surface area contributed by atoms with Crippen LogP contribution < -0.4 is 11.1 Å². The number of nitrogens with one attached hydrogen (secondary N) is 1. The molecule has 1 aromatic carbocycles. The summed E-state index contributed by atoms with van der Waals surface area (Å²) in [5.74, 6) is 0.320. The molecular formula is C20H24ClN3O3. The molecule has 1 fully saturated rings. The zero-order chi connectivity index (χ0) is 19.6. The molecule has 2 heterocycles. The van der Waals surface area contributed by atoms with Crippen molar-refractivity contribution in [1.82, 2.24) is 4.90 Å². The monoisotopic (exact) mass is 389 g/mol. The fraction of sp³-hybridized carbons (Fsp3) is 0.400. The summed E-state index contributed by atoms with van der Waals surface area (Å²) < 4.78 is 5.18. The number of halogens is 1. The third kappa shape index (κ3) is 4.34. The van der Waals surface area contributed by atoms with E-state index in [1.165, 1.54) is 6.26 Å². The van der Waals surface area contributed by atoms with Crippen LogP contribution in [-0.4, -0.2) is 35.8 Å². The summed E-state index contributed by atoms with van der Waals surface area (Å²) in [5.41, 5.74) is 7.26. The van der Waals surface area contributed by atoms with Crippen LogP contribution in [0.2, 0.25) is 5.02 Å². The van der Waals surface area contributed by atoms with Crippen molar-refractivity contribution < 1.29 is 14.0 Å². The van der Waals surface area contributed by atoms with Crippen LogP contribution in [0.4, 0.5) is 5.69 Å². The number of benzene rings is 1. The normalized spacial score (nSPS) is 18.2. The van der Waals surface area contributed by atoms with Gasteiger partial charge in [-0.25, -0.2) is 0 Å². The Hall–Kier alpha value is -2.31. The molecule has 2 amide bonds. The van der Waals surface area contributed by atoms with Crippen molar-refractivity contribution in [2.24, 2.45) is 11.7 Å². The van der Waals surface area contributed by atoms with E-state index in [4.69, 9.17) is 21.8 Å². The minimum atomic E-state index is -0.343. The van der Waals surface area contributed by atoms with Gasteiger partial charge in [0, 0.05) is 24.2 Å². The van der Waals surface area contributed by atoms with E-state index in [1.54, 1.807) is 36.1 Å². The number of carbonyl (C=O) groups excluding carboxylic acids is 2. The number of rotatable bonds is 4. The summed E-state index contributed by atoms with van der Waals surface area (Å²) in [5, 5.41) is 3.24. The summed E-state index contributed by atoms with van der Waals surface area (Å²) in [6.07, 6.45) is 3.39. The van der Waals surface area contributed by atoms with Gasteiger partial charge in [-0.3, -0.25) is 9.59 Å². The number of hydrogen-bond donors (Lipinski definition) is 2. The number of furan rings is 1. The Morgan fingerprint density at radius 1 is 1.33 bits per heavy atom. The number of aryl methyl sites for hydroxylation is 1. The van der Waals surface area contributed by atoms with Gasteiger partial charge in [-0.15, -0.1) is 0 Å². The van der Waals surface area contributed by atoms with Crippen molar-refractivity contribution in [2.75, 3.05) is 18.4 Å². The summed E-state index contributed by atoms with van der Waals surface area (Å²) in [4.78, 5) is 27.5. The largest absolute Gasteiger partial charge is 0.469 e. The van der Waals surface area contributed by atoms with Crippen LogP contribution in [0.5, 0.6) is 0 Å². The van der Waals surface area contributed by atoms with Crippen molar-refractivity contribution >= 4 is 29.1 Å². The van der Waals surface area contributed by atoms with Gasteiger partial charge in [0.15, 0.2) is 0 Å². The van der Waals surface area contributed by atoms with E-state index in [1.807, 2.05) is 6.92 Å². The third-order valence-corrected chi connectivity index (χ3v) is 5.29. The highest BCUT2D eigenvalue weighted by molar-refractivity contribution is 6.31. The molecule has 0 bridgehead atoms. The first-order chi connectivity index (χ1) is 12.9. The number of carbonyl (C=O) groups is 2. The minimum Gasteiger partial charge on any atom is -0.469 e. The van der Waals surface area contributed by atoms with Crippen LogP contribution in [0.15, 0.2) is 34.9 Å². The predicted molar refractivity (Wildman–Crippen MR) is 105 cm³/mol. The van der Waals surface area contributed by atoms with Gasteiger partial charge < -0.3 is 20.4 Å². The molecule has 0 spiro atoms. The first-order valence-corrected chi connectivity index (χ1v) is 9.44. The van der Waals surface area contributed by atoms with Crippen molar-refractivity contribution in [1.29, 1.82) is 0 Å². The average molecular weight is 390 g/mol. The topological polar surface area (TPSA) is 88.6 Å². The Bertz CT molecular complexity index is 847. The highest BCUT2D eigenvalue weighted by Crippen LogP contribution is 2.26. The van der Waals surface area contributed by atoms with Gasteiger partial charge in [-0.1, -0.05) is 11.6 Å². The molecule has 2 aromatic rings. The molecule has 6 nitrogen and oxygen atoms in total. The van der Waals surface area contributed by atoms with Crippen LogP contribution in [-0.2, 0) is 0 Å². The number of hydrogen-bond acceptors (Lipinski definition) is 4. The molecule has 1 saturated heterocycles. The molecule has 2 unspecified atom stereocenters. The van der Waals surface area contributed by atoms with E-state index in [-0.39, 0.29) is 23.8 Å². The fourth-order valence-electron chi connectivity index (χ4n) is 3.41. The predicted octanol–water partition coefficient (Wildman–Crippen LogP) is 3.69. The Morgan fingerprint density at radius 3 is 2.78 bits per heavy atom. The lowest BCUT2D eigenvalue weighted by Gasteiger charge is -2.35. The SMILES string of the molecule is Cc1occc1C(=O)Nc1cc(Cl)ccc1C(=O)N1CCCC(C(C)N)C1. The van der Waals surface area contributed by atoms with Gasteiger partial charge in [0.2, 0.25) is 0 Å². The molecule has 0 saturated carbocycles. The van der Waals surface area contributed by atoms with E-state index in [0.717, 1.165) is 12.8 Å². The van der Waals surface area contributed by atoms with E-state index >= 15 is 0 Å². The molecule has 7 heteroatoms. The van der Waals surface area contributed by atoms with E-state index in [9.17, 15) is 9.59 Å². The maximum atomic E-state index is 13.1. The first-order valence-electron chi connectivity index (χ1n) is 9.06. The average Bonchev–Trinajstić information content (AvgIpc) is 3.07. The lowest BCUT2D eigenvalue weighted by molar-refractivity contribution is 0.0662. The number of piperidine rings is 1. The van der Waals surface area contributed by atoms with Crippen LogP contribution in [0.25, 0.3) is 0 Å². The highest BCUT2D eigenvalue weighted by atomic mass is 35.5. The second kappa shape index (κ2) is 8.15. The number of nitrogens with two attached hydrogens (primary N) is 1. The van der Waals surface area contributed by atoms with Gasteiger partial charge in [0.05, 0.1) is 23.1 Å². The lowest BCUT2D eigenvalue weighted by Crippen LogP contribution is -2.45. The van der Waals surface area contributed by atoms with Gasteiger partial charge in [0.1, 0.15) is 5.76 Å². The molecule has 3 rings (SSSR count). The molecule has 27 heavy (non-hydrogen) atoms. The van der Waals surface area contributed by atoms with Gasteiger partial charge in [-0.2, -0.15) is 0 Å². The Labute approximate surface area is 163 Å². The quantitative estimate of drug-likeness (QED) is 0.834. The fourth-order valence-corrected chi connectivity index (χ4v) is 3.58. The van der Waals surface area contributed by atoms with Crippen LogP contribution in [0.3, 0.4) is 0 Å².